The maximum Gasteiger partial charge on any atom is 0.221 e. The molecular formula is C17H17ClF2N2O. The standard InChI is InChI=1S/C17H17ClF2N2O/c18-13-3-1-2-12(10-13)6-8-22-17(23)7-9-21-16-5-4-14(19)11-15(16)20/h1-5,10-11,21H,6-9H2,(H,22,23). The van der Waals surface area contributed by atoms with Crippen molar-refractivity contribution >= 4 is 23.2 Å². The van der Waals surface area contributed by atoms with Gasteiger partial charge in [-0.15, -0.1) is 0 Å². The molecule has 2 aromatic carbocycles. The zero-order chi connectivity index (χ0) is 16.7. The molecule has 3 nitrogen and oxygen atoms in total. The summed E-state index contributed by atoms with van der Waals surface area (Å²) in [7, 11) is 0. The van der Waals surface area contributed by atoms with Crippen LogP contribution in [0.25, 0.3) is 0 Å². The fraction of sp³-hybridized carbons (Fsp3) is 0.235. The number of carbonyl (C=O) groups excluding carboxylic acids is 1. The van der Waals surface area contributed by atoms with E-state index in [0.717, 1.165) is 17.7 Å². The molecule has 0 aliphatic heterocycles. The SMILES string of the molecule is O=C(CCNc1ccc(F)cc1F)NCCc1cccc(Cl)c1. The van der Waals surface area contributed by atoms with Crippen LogP contribution in [0, 0.1) is 11.6 Å². The largest absolute Gasteiger partial charge is 0.382 e. The average Bonchev–Trinajstić information content (AvgIpc) is 2.49. The van der Waals surface area contributed by atoms with Gasteiger partial charge in [-0.2, -0.15) is 0 Å². The van der Waals surface area contributed by atoms with E-state index in [2.05, 4.69) is 10.6 Å². The van der Waals surface area contributed by atoms with Crippen LogP contribution in [-0.2, 0) is 11.2 Å². The van der Waals surface area contributed by atoms with Gasteiger partial charge >= 0.3 is 0 Å². The highest BCUT2D eigenvalue weighted by atomic mass is 35.5. The number of benzene rings is 2. The summed E-state index contributed by atoms with van der Waals surface area (Å²) in [6.07, 6.45) is 0.888. The summed E-state index contributed by atoms with van der Waals surface area (Å²) in [6, 6.07) is 10.7. The number of nitrogens with one attached hydrogen (secondary N) is 2. The minimum atomic E-state index is -0.675. The highest BCUT2D eigenvalue weighted by molar-refractivity contribution is 6.30. The van der Waals surface area contributed by atoms with Crippen molar-refractivity contribution in [3.8, 4) is 0 Å². The number of hydrogen-bond acceptors (Lipinski definition) is 2. The van der Waals surface area contributed by atoms with E-state index in [1.54, 1.807) is 6.07 Å². The van der Waals surface area contributed by atoms with Crippen molar-refractivity contribution in [1.82, 2.24) is 5.32 Å². The van der Waals surface area contributed by atoms with Gasteiger partial charge < -0.3 is 10.6 Å². The molecule has 2 rings (SSSR count). The maximum absolute atomic E-state index is 13.4. The number of halogens is 3. The second-order valence-corrected chi connectivity index (χ2v) is 5.47. The summed E-state index contributed by atoms with van der Waals surface area (Å²) < 4.78 is 26.1. The van der Waals surface area contributed by atoms with E-state index < -0.39 is 11.6 Å². The van der Waals surface area contributed by atoms with Crippen molar-refractivity contribution in [2.75, 3.05) is 18.4 Å². The van der Waals surface area contributed by atoms with Crippen molar-refractivity contribution in [2.24, 2.45) is 0 Å². The molecule has 0 aromatic heterocycles. The van der Waals surface area contributed by atoms with Gasteiger partial charge in [0.2, 0.25) is 5.91 Å². The molecule has 122 valence electrons. The molecular weight excluding hydrogens is 322 g/mol. The Hall–Kier alpha value is -2.14. The Morgan fingerprint density at radius 3 is 2.65 bits per heavy atom. The topological polar surface area (TPSA) is 41.1 Å². The van der Waals surface area contributed by atoms with Gasteiger partial charge in [-0.3, -0.25) is 4.79 Å². The van der Waals surface area contributed by atoms with Gasteiger partial charge in [0.25, 0.3) is 0 Å². The summed E-state index contributed by atoms with van der Waals surface area (Å²) in [5.74, 6) is -1.44. The van der Waals surface area contributed by atoms with Crippen LogP contribution in [0.3, 0.4) is 0 Å². The second-order valence-electron chi connectivity index (χ2n) is 5.03. The summed E-state index contributed by atoms with van der Waals surface area (Å²) in [5, 5.41) is 6.22. The lowest BCUT2D eigenvalue weighted by Crippen LogP contribution is -2.27. The summed E-state index contributed by atoms with van der Waals surface area (Å²) in [6.45, 7) is 0.773. The minimum Gasteiger partial charge on any atom is -0.382 e. The lowest BCUT2D eigenvalue weighted by atomic mass is 10.1. The number of carbonyl (C=O) groups is 1. The average molecular weight is 339 g/mol. The summed E-state index contributed by atoms with van der Waals surface area (Å²) in [5.41, 5.74) is 1.22. The van der Waals surface area contributed by atoms with E-state index in [9.17, 15) is 13.6 Å². The van der Waals surface area contributed by atoms with Crippen LogP contribution in [-0.4, -0.2) is 19.0 Å². The van der Waals surface area contributed by atoms with Crippen LogP contribution in [0.1, 0.15) is 12.0 Å². The molecule has 23 heavy (non-hydrogen) atoms. The number of hydrogen-bond donors (Lipinski definition) is 2. The summed E-state index contributed by atoms with van der Waals surface area (Å²) in [4.78, 5) is 11.7. The van der Waals surface area contributed by atoms with Crippen LogP contribution in [0.5, 0.6) is 0 Å². The molecule has 0 saturated carbocycles. The van der Waals surface area contributed by atoms with Crippen molar-refractivity contribution in [3.05, 3.63) is 64.7 Å². The predicted octanol–water partition coefficient (Wildman–Crippen LogP) is 3.78. The van der Waals surface area contributed by atoms with Crippen LogP contribution in [0.2, 0.25) is 5.02 Å². The molecule has 0 radical (unpaired) electrons. The molecule has 0 aliphatic rings. The van der Waals surface area contributed by atoms with Gasteiger partial charge in [0, 0.05) is 30.6 Å². The van der Waals surface area contributed by atoms with Crippen LogP contribution >= 0.6 is 11.6 Å². The smallest absolute Gasteiger partial charge is 0.221 e. The lowest BCUT2D eigenvalue weighted by molar-refractivity contribution is -0.120. The molecule has 0 bridgehead atoms. The highest BCUT2D eigenvalue weighted by Crippen LogP contribution is 2.14. The first-order chi connectivity index (χ1) is 11.0. The minimum absolute atomic E-state index is 0.137. The Bertz CT molecular complexity index is 679. The molecule has 0 saturated heterocycles. The quantitative estimate of drug-likeness (QED) is 0.806. The monoisotopic (exact) mass is 338 g/mol. The Morgan fingerprint density at radius 2 is 1.91 bits per heavy atom. The fourth-order valence-electron chi connectivity index (χ4n) is 2.07. The van der Waals surface area contributed by atoms with Crippen LogP contribution in [0.4, 0.5) is 14.5 Å². The van der Waals surface area contributed by atoms with Gasteiger partial charge in [0.05, 0.1) is 5.69 Å². The predicted molar refractivity (Wildman–Crippen MR) is 87.6 cm³/mol. The summed E-state index contributed by atoms with van der Waals surface area (Å²) >= 11 is 5.89. The van der Waals surface area contributed by atoms with E-state index >= 15 is 0 Å². The van der Waals surface area contributed by atoms with Crippen molar-refractivity contribution in [2.45, 2.75) is 12.8 Å². The normalized spacial score (nSPS) is 10.4. The molecule has 0 aliphatic carbocycles. The fourth-order valence-corrected chi connectivity index (χ4v) is 2.28. The second kappa shape index (κ2) is 8.48. The van der Waals surface area contributed by atoms with E-state index in [1.165, 1.54) is 6.07 Å². The van der Waals surface area contributed by atoms with E-state index in [-0.39, 0.29) is 24.6 Å². The third-order valence-corrected chi connectivity index (χ3v) is 3.46. The Morgan fingerprint density at radius 1 is 1.09 bits per heavy atom. The van der Waals surface area contributed by atoms with Crippen LogP contribution < -0.4 is 10.6 Å². The number of rotatable bonds is 7. The zero-order valence-corrected chi connectivity index (χ0v) is 13.2. The first-order valence-corrected chi connectivity index (χ1v) is 7.62. The molecule has 2 aromatic rings. The molecule has 0 fully saturated rings. The molecule has 0 atom stereocenters. The van der Waals surface area contributed by atoms with Gasteiger partial charge in [0.15, 0.2) is 0 Å². The molecule has 2 N–H and O–H groups in total. The Labute approximate surface area is 138 Å². The Balaban J connectivity index is 1.67. The molecule has 0 spiro atoms. The zero-order valence-electron chi connectivity index (χ0n) is 12.4. The van der Waals surface area contributed by atoms with Crippen molar-refractivity contribution in [1.29, 1.82) is 0 Å². The first-order valence-electron chi connectivity index (χ1n) is 7.24. The first kappa shape index (κ1) is 17.2. The molecule has 0 unspecified atom stereocenters. The third kappa shape index (κ3) is 5.87. The maximum atomic E-state index is 13.4. The lowest BCUT2D eigenvalue weighted by Gasteiger charge is -2.08. The number of anilines is 1. The number of amides is 1. The van der Waals surface area contributed by atoms with E-state index in [0.29, 0.717) is 18.0 Å². The highest BCUT2D eigenvalue weighted by Gasteiger charge is 2.05. The van der Waals surface area contributed by atoms with Crippen molar-refractivity contribution in [3.63, 3.8) is 0 Å². The van der Waals surface area contributed by atoms with Gasteiger partial charge in [0.1, 0.15) is 11.6 Å². The van der Waals surface area contributed by atoms with Gasteiger partial charge in [-0.25, -0.2) is 8.78 Å². The van der Waals surface area contributed by atoms with E-state index in [4.69, 9.17) is 11.6 Å². The Kier molecular flexibility index (Phi) is 6.35. The van der Waals surface area contributed by atoms with Gasteiger partial charge in [-0.05, 0) is 36.2 Å². The molecule has 1 amide bonds. The third-order valence-electron chi connectivity index (χ3n) is 3.22. The van der Waals surface area contributed by atoms with Crippen LogP contribution in [0.15, 0.2) is 42.5 Å². The molecule has 6 heteroatoms. The van der Waals surface area contributed by atoms with Gasteiger partial charge in [-0.1, -0.05) is 23.7 Å². The van der Waals surface area contributed by atoms with Crippen molar-refractivity contribution < 1.29 is 13.6 Å². The van der Waals surface area contributed by atoms with E-state index in [1.807, 2.05) is 18.2 Å². The molecule has 0 heterocycles.